The van der Waals surface area contributed by atoms with Crippen LogP contribution in [-0.2, 0) is 0 Å². The van der Waals surface area contributed by atoms with Gasteiger partial charge in [0, 0.05) is 12.7 Å². The minimum atomic E-state index is -1.09. The lowest BCUT2D eigenvalue weighted by Gasteiger charge is -2.03. The minimum Gasteiger partial charge on any atom is -0.477 e. The van der Waals surface area contributed by atoms with Gasteiger partial charge >= 0.3 is 5.97 Å². The number of rotatable bonds is 4. The zero-order chi connectivity index (χ0) is 11.5. The molecule has 0 aliphatic heterocycles. The molecule has 1 fully saturated rings. The Bertz CT molecular complexity index is 410. The lowest BCUT2D eigenvalue weighted by Crippen LogP contribution is -2.25. The lowest BCUT2D eigenvalue weighted by molar-refractivity contribution is 0.0689. The molecule has 2 N–H and O–H groups in total. The average Bonchev–Trinajstić information content (AvgIpc) is 3.10. The largest absolute Gasteiger partial charge is 0.477 e. The van der Waals surface area contributed by atoms with Crippen LogP contribution in [0.2, 0.25) is 0 Å². The summed E-state index contributed by atoms with van der Waals surface area (Å²) in [5.74, 6) is -0.670. The van der Waals surface area contributed by atoms with Gasteiger partial charge in [0.25, 0.3) is 5.91 Å². The number of carbonyl (C=O) groups excluding carboxylic acids is 1. The van der Waals surface area contributed by atoms with Crippen molar-refractivity contribution >= 4 is 11.9 Å². The van der Waals surface area contributed by atoms with Crippen LogP contribution in [-0.4, -0.2) is 28.5 Å². The summed E-state index contributed by atoms with van der Waals surface area (Å²) in [5, 5.41) is 11.4. The van der Waals surface area contributed by atoms with E-state index >= 15 is 0 Å². The first-order chi connectivity index (χ1) is 7.66. The van der Waals surface area contributed by atoms with E-state index in [0.717, 1.165) is 0 Å². The van der Waals surface area contributed by atoms with E-state index in [0.29, 0.717) is 18.0 Å². The van der Waals surface area contributed by atoms with Gasteiger partial charge < -0.3 is 10.4 Å². The van der Waals surface area contributed by atoms with E-state index in [1.54, 1.807) is 0 Å². The molecule has 1 heterocycles. The number of hydrogen-bond acceptors (Lipinski definition) is 3. The molecule has 84 valence electrons. The Morgan fingerprint density at radius 1 is 1.44 bits per heavy atom. The number of aromatic carboxylic acids is 1. The highest BCUT2D eigenvalue weighted by molar-refractivity contribution is 5.94. The summed E-state index contributed by atoms with van der Waals surface area (Å²) in [4.78, 5) is 25.8. The molecular weight excluding hydrogens is 208 g/mol. The van der Waals surface area contributed by atoms with Crippen molar-refractivity contribution in [2.24, 2.45) is 5.92 Å². The SMILES string of the molecule is O=C(NCC1CC1)c1ccc(C(=O)O)nc1. The molecule has 1 amide bonds. The highest BCUT2D eigenvalue weighted by Gasteiger charge is 2.21. The molecule has 1 aromatic rings. The summed E-state index contributed by atoms with van der Waals surface area (Å²) in [5.41, 5.74) is 0.337. The van der Waals surface area contributed by atoms with Gasteiger partial charge in [0.2, 0.25) is 0 Å². The molecule has 1 aliphatic carbocycles. The number of carbonyl (C=O) groups is 2. The number of hydrogen-bond donors (Lipinski definition) is 2. The second-order valence-electron chi connectivity index (χ2n) is 3.89. The van der Waals surface area contributed by atoms with Gasteiger partial charge in [0.15, 0.2) is 0 Å². The smallest absolute Gasteiger partial charge is 0.354 e. The van der Waals surface area contributed by atoms with Gasteiger partial charge in [-0.15, -0.1) is 0 Å². The van der Waals surface area contributed by atoms with Crippen LogP contribution in [0.1, 0.15) is 33.7 Å². The van der Waals surface area contributed by atoms with Gasteiger partial charge in [-0.3, -0.25) is 4.79 Å². The molecule has 2 rings (SSSR count). The van der Waals surface area contributed by atoms with E-state index < -0.39 is 5.97 Å². The maximum Gasteiger partial charge on any atom is 0.354 e. The third-order valence-corrected chi connectivity index (χ3v) is 2.49. The molecule has 0 radical (unpaired) electrons. The maximum absolute atomic E-state index is 11.6. The fraction of sp³-hybridized carbons (Fsp3) is 0.364. The number of nitrogens with zero attached hydrogens (tertiary/aromatic N) is 1. The molecule has 16 heavy (non-hydrogen) atoms. The Kier molecular flexibility index (Phi) is 2.85. The molecule has 0 bridgehead atoms. The molecule has 0 saturated heterocycles. The monoisotopic (exact) mass is 220 g/mol. The Hall–Kier alpha value is -1.91. The van der Waals surface area contributed by atoms with Crippen LogP contribution < -0.4 is 5.32 Å². The quantitative estimate of drug-likeness (QED) is 0.790. The van der Waals surface area contributed by atoms with Crippen molar-refractivity contribution in [3.05, 3.63) is 29.6 Å². The fourth-order valence-electron chi connectivity index (χ4n) is 1.32. The van der Waals surface area contributed by atoms with Gasteiger partial charge in [-0.05, 0) is 30.9 Å². The molecule has 0 atom stereocenters. The van der Waals surface area contributed by atoms with Crippen molar-refractivity contribution in [1.29, 1.82) is 0 Å². The van der Waals surface area contributed by atoms with Crippen molar-refractivity contribution in [2.75, 3.05) is 6.54 Å². The first-order valence-electron chi connectivity index (χ1n) is 5.14. The minimum absolute atomic E-state index is 0.0567. The molecule has 0 spiro atoms. The summed E-state index contributed by atoms with van der Waals surface area (Å²) in [7, 11) is 0. The second-order valence-corrected chi connectivity index (χ2v) is 3.89. The van der Waals surface area contributed by atoms with E-state index in [1.165, 1.54) is 31.2 Å². The molecule has 0 aromatic carbocycles. The van der Waals surface area contributed by atoms with Gasteiger partial charge in [-0.25, -0.2) is 9.78 Å². The number of carboxylic acids is 1. The first kappa shape index (κ1) is 10.6. The lowest BCUT2D eigenvalue weighted by atomic mass is 10.2. The highest BCUT2D eigenvalue weighted by atomic mass is 16.4. The van der Waals surface area contributed by atoms with Crippen molar-refractivity contribution in [2.45, 2.75) is 12.8 Å². The Morgan fingerprint density at radius 2 is 2.19 bits per heavy atom. The number of amides is 1. The molecule has 5 nitrogen and oxygen atoms in total. The van der Waals surface area contributed by atoms with Crippen LogP contribution in [0.25, 0.3) is 0 Å². The second kappa shape index (κ2) is 4.30. The standard InChI is InChI=1S/C11H12N2O3/c14-10(13-5-7-1-2-7)8-3-4-9(11(15)16)12-6-8/h3-4,6-7H,1-2,5H2,(H,13,14)(H,15,16). The van der Waals surface area contributed by atoms with E-state index in [4.69, 9.17) is 5.11 Å². The van der Waals surface area contributed by atoms with Crippen molar-refractivity contribution in [3.63, 3.8) is 0 Å². The fourth-order valence-corrected chi connectivity index (χ4v) is 1.32. The van der Waals surface area contributed by atoms with Crippen LogP contribution in [0.3, 0.4) is 0 Å². The predicted molar refractivity (Wildman–Crippen MR) is 56.3 cm³/mol. The summed E-state index contributed by atoms with van der Waals surface area (Å²) in [6.45, 7) is 0.694. The molecule has 0 unspecified atom stereocenters. The zero-order valence-electron chi connectivity index (χ0n) is 8.64. The maximum atomic E-state index is 11.6. The molecule has 1 aliphatic rings. The van der Waals surface area contributed by atoms with Crippen LogP contribution in [0.5, 0.6) is 0 Å². The number of aromatic nitrogens is 1. The summed E-state index contributed by atoms with van der Waals surface area (Å²) < 4.78 is 0. The summed E-state index contributed by atoms with van der Waals surface area (Å²) in [6.07, 6.45) is 3.64. The molecular formula is C11H12N2O3. The van der Waals surface area contributed by atoms with Gasteiger partial charge in [-0.1, -0.05) is 0 Å². The molecule has 1 aromatic heterocycles. The highest BCUT2D eigenvalue weighted by Crippen LogP contribution is 2.27. The number of nitrogens with one attached hydrogen (secondary N) is 1. The zero-order valence-corrected chi connectivity index (χ0v) is 8.64. The third kappa shape index (κ3) is 2.56. The van der Waals surface area contributed by atoms with E-state index in [1.807, 2.05) is 0 Å². The van der Waals surface area contributed by atoms with E-state index in [-0.39, 0.29) is 11.6 Å². The van der Waals surface area contributed by atoms with Gasteiger partial charge in [-0.2, -0.15) is 0 Å². The topological polar surface area (TPSA) is 79.3 Å². The number of carboxylic acid groups (broad SMARTS) is 1. The third-order valence-electron chi connectivity index (χ3n) is 2.49. The molecule has 1 saturated carbocycles. The van der Waals surface area contributed by atoms with E-state index in [2.05, 4.69) is 10.3 Å². The van der Waals surface area contributed by atoms with Crippen LogP contribution in [0, 0.1) is 5.92 Å². The molecule has 5 heteroatoms. The van der Waals surface area contributed by atoms with E-state index in [9.17, 15) is 9.59 Å². The summed E-state index contributed by atoms with van der Waals surface area (Å²) in [6, 6.07) is 2.80. The van der Waals surface area contributed by atoms with Gasteiger partial charge in [0.1, 0.15) is 5.69 Å². The Labute approximate surface area is 92.5 Å². The van der Waals surface area contributed by atoms with Crippen LogP contribution in [0.4, 0.5) is 0 Å². The van der Waals surface area contributed by atoms with Crippen LogP contribution >= 0.6 is 0 Å². The Balaban J connectivity index is 1.96. The number of pyridine rings is 1. The normalized spacial score (nSPS) is 14.5. The van der Waals surface area contributed by atoms with Crippen molar-refractivity contribution in [1.82, 2.24) is 10.3 Å². The van der Waals surface area contributed by atoms with Crippen LogP contribution in [0.15, 0.2) is 18.3 Å². The van der Waals surface area contributed by atoms with Crippen molar-refractivity contribution in [3.8, 4) is 0 Å². The Morgan fingerprint density at radius 3 is 2.69 bits per heavy atom. The van der Waals surface area contributed by atoms with Gasteiger partial charge in [0.05, 0.1) is 5.56 Å². The average molecular weight is 220 g/mol. The van der Waals surface area contributed by atoms with Crippen molar-refractivity contribution < 1.29 is 14.7 Å². The summed E-state index contributed by atoms with van der Waals surface area (Å²) >= 11 is 0. The first-order valence-corrected chi connectivity index (χ1v) is 5.14. The predicted octanol–water partition coefficient (Wildman–Crippen LogP) is 0.920.